The molecular formula is C14H19NO5S. The number of methoxy groups -OCH3 is 1. The molecule has 0 heterocycles. The Bertz CT molecular complexity index is 656. The molecule has 0 saturated carbocycles. The Morgan fingerprint density at radius 3 is 2.38 bits per heavy atom. The van der Waals surface area contributed by atoms with Gasteiger partial charge in [-0.05, 0) is 44.5 Å². The highest BCUT2D eigenvalue weighted by molar-refractivity contribution is 7.89. The van der Waals surface area contributed by atoms with Gasteiger partial charge in [-0.1, -0.05) is 6.07 Å². The molecule has 0 aliphatic heterocycles. The van der Waals surface area contributed by atoms with Crippen molar-refractivity contribution in [3.63, 3.8) is 0 Å². The molecule has 0 spiro atoms. The summed E-state index contributed by atoms with van der Waals surface area (Å²) >= 11 is 0. The van der Waals surface area contributed by atoms with Gasteiger partial charge >= 0.3 is 5.97 Å². The van der Waals surface area contributed by atoms with Gasteiger partial charge in [0.25, 0.3) is 0 Å². The van der Waals surface area contributed by atoms with Gasteiger partial charge < -0.3 is 9.47 Å². The number of carbonyl (C=O) groups is 1. The Morgan fingerprint density at radius 1 is 1.29 bits per heavy atom. The summed E-state index contributed by atoms with van der Waals surface area (Å²) in [4.78, 5) is 11.4. The van der Waals surface area contributed by atoms with Crippen molar-refractivity contribution < 1.29 is 22.7 Å². The van der Waals surface area contributed by atoms with E-state index >= 15 is 0 Å². The average Bonchev–Trinajstić information content (AvgIpc) is 2.33. The third kappa shape index (κ3) is 5.57. The van der Waals surface area contributed by atoms with E-state index in [2.05, 4.69) is 0 Å². The highest BCUT2D eigenvalue weighted by atomic mass is 32.2. The molecule has 2 N–H and O–H groups in total. The van der Waals surface area contributed by atoms with Crippen molar-refractivity contribution in [2.24, 2.45) is 5.14 Å². The summed E-state index contributed by atoms with van der Waals surface area (Å²) in [5.41, 5.74) is -0.0988. The molecule has 0 aliphatic rings. The molecule has 0 bridgehead atoms. The molecule has 116 valence electrons. The molecule has 1 aromatic carbocycles. The number of carbonyl (C=O) groups excluding carboxylic acids is 1. The maximum absolute atomic E-state index is 11.6. The third-order valence-electron chi connectivity index (χ3n) is 2.31. The zero-order valence-electron chi connectivity index (χ0n) is 12.4. The van der Waals surface area contributed by atoms with Crippen LogP contribution in [-0.4, -0.2) is 27.1 Å². The Balaban J connectivity index is 3.04. The second-order valence-electron chi connectivity index (χ2n) is 5.32. The van der Waals surface area contributed by atoms with Crippen LogP contribution in [0.15, 0.2) is 29.2 Å². The van der Waals surface area contributed by atoms with Gasteiger partial charge in [0.05, 0.1) is 7.11 Å². The number of primary sulfonamides is 1. The summed E-state index contributed by atoms with van der Waals surface area (Å²) in [7, 11) is -2.56. The predicted octanol–water partition coefficient (Wildman–Crippen LogP) is 1.70. The lowest BCUT2D eigenvalue weighted by Crippen LogP contribution is -2.22. The van der Waals surface area contributed by atoms with Crippen LogP contribution in [0.2, 0.25) is 0 Å². The number of benzene rings is 1. The minimum Gasteiger partial charge on any atom is -0.495 e. The Kier molecular flexibility index (Phi) is 5.14. The number of hydrogen-bond acceptors (Lipinski definition) is 5. The number of esters is 1. The maximum atomic E-state index is 11.6. The lowest BCUT2D eigenvalue weighted by Gasteiger charge is -2.17. The van der Waals surface area contributed by atoms with Crippen LogP contribution < -0.4 is 9.88 Å². The standard InChI is InChI=1S/C14H19NO5S/c1-14(2,3)20-13(16)8-6-10-5-7-11(19-4)12(9-10)21(15,17)18/h5-9H,1-4H3,(H2,15,17,18)/b8-6+. The zero-order chi connectivity index (χ0) is 16.3. The molecule has 1 aromatic rings. The van der Waals surface area contributed by atoms with E-state index in [4.69, 9.17) is 14.6 Å². The molecule has 0 aliphatic carbocycles. The van der Waals surface area contributed by atoms with Crippen LogP contribution in [0.4, 0.5) is 0 Å². The average molecular weight is 313 g/mol. The second-order valence-corrected chi connectivity index (χ2v) is 6.85. The van der Waals surface area contributed by atoms with Crippen molar-refractivity contribution in [1.29, 1.82) is 0 Å². The summed E-state index contributed by atoms with van der Waals surface area (Å²) in [6, 6.07) is 4.40. The number of ether oxygens (including phenoxy) is 2. The molecule has 0 atom stereocenters. The summed E-state index contributed by atoms with van der Waals surface area (Å²) in [6.45, 7) is 5.27. The number of nitrogens with two attached hydrogens (primary N) is 1. The largest absolute Gasteiger partial charge is 0.495 e. The van der Waals surface area contributed by atoms with Crippen molar-refractivity contribution in [2.45, 2.75) is 31.3 Å². The molecule has 7 heteroatoms. The molecule has 21 heavy (non-hydrogen) atoms. The van der Waals surface area contributed by atoms with Crippen molar-refractivity contribution in [3.8, 4) is 5.75 Å². The first-order chi connectivity index (χ1) is 9.53. The van der Waals surface area contributed by atoms with Gasteiger partial charge in [-0.2, -0.15) is 0 Å². The first-order valence-corrected chi connectivity index (χ1v) is 7.69. The first-order valence-electron chi connectivity index (χ1n) is 6.15. The second kappa shape index (κ2) is 6.28. The van der Waals surface area contributed by atoms with Gasteiger partial charge in [0.15, 0.2) is 0 Å². The summed E-state index contributed by atoms with van der Waals surface area (Å²) in [5, 5.41) is 5.12. The monoisotopic (exact) mass is 313 g/mol. The lowest BCUT2D eigenvalue weighted by atomic mass is 10.2. The quantitative estimate of drug-likeness (QED) is 0.674. The van der Waals surface area contributed by atoms with Gasteiger partial charge in [-0.15, -0.1) is 0 Å². The van der Waals surface area contributed by atoms with Crippen LogP contribution in [0.3, 0.4) is 0 Å². The minimum absolute atomic E-state index is 0.142. The summed E-state index contributed by atoms with van der Waals surface area (Å²) < 4.78 is 33.0. The van der Waals surface area contributed by atoms with E-state index < -0.39 is 21.6 Å². The van der Waals surface area contributed by atoms with Crippen LogP contribution in [0.25, 0.3) is 6.08 Å². The highest BCUT2D eigenvalue weighted by Gasteiger charge is 2.16. The van der Waals surface area contributed by atoms with Crippen molar-refractivity contribution in [1.82, 2.24) is 0 Å². The molecule has 0 amide bonds. The van der Waals surface area contributed by atoms with Gasteiger partial charge in [-0.3, -0.25) is 0 Å². The van der Waals surface area contributed by atoms with Crippen molar-refractivity contribution >= 4 is 22.1 Å². The molecule has 0 aromatic heterocycles. The minimum atomic E-state index is -3.91. The first kappa shape index (κ1) is 17.2. The molecular weight excluding hydrogens is 294 g/mol. The maximum Gasteiger partial charge on any atom is 0.331 e. The van der Waals surface area contributed by atoms with E-state index in [-0.39, 0.29) is 10.6 Å². The number of hydrogen-bond donors (Lipinski definition) is 1. The predicted molar refractivity (Wildman–Crippen MR) is 79.2 cm³/mol. The smallest absolute Gasteiger partial charge is 0.331 e. The summed E-state index contributed by atoms with van der Waals surface area (Å²) in [6.07, 6.45) is 2.67. The van der Waals surface area contributed by atoms with Gasteiger partial charge in [0.2, 0.25) is 10.0 Å². The van der Waals surface area contributed by atoms with Gasteiger partial charge in [0, 0.05) is 6.08 Å². The summed E-state index contributed by atoms with van der Waals surface area (Å²) in [5.74, 6) is -0.373. The van der Waals surface area contributed by atoms with E-state index in [1.54, 1.807) is 26.8 Å². The lowest BCUT2D eigenvalue weighted by molar-refractivity contribution is -0.148. The van der Waals surface area contributed by atoms with Crippen LogP contribution in [0, 0.1) is 0 Å². The normalized spacial score (nSPS) is 12.4. The Labute approximate surface area is 124 Å². The van der Waals surface area contributed by atoms with E-state index in [1.165, 1.54) is 31.4 Å². The number of sulfonamides is 1. The fourth-order valence-electron chi connectivity index (χ4n) is 1.52. The Morgan fingerprint density at radius 2 is 1.90 bits per heavy atom. The molecule has 6 nitrogen and oxygen atoms in total. The fourth-order valence-corrected chi connectivity index (χ4v) is 2.25. The van der Waals surface area contributed by atoms with Crippen LogP contribution in [0.5, 0.6) is 5.75 Å². The fraction of sp³-hybridized carbons (Fsp3) is 0.357. The topological polar surface area (TPSA) is 95.7 Å². The van der Waals surface area contributed by atoms with E-state index in [9.17, 15) is 13.2 Å². The third-order valence-corrected chi connectivity index (χ3v) is 3.24. The molecule has 0 radical (unpaired) electrons. The van der Waals surface area contributed by atoms with E-state index in [0.717, 1.165) is 0 Å². The van der Waals surface area contributed by atoms with Crippen LogP contribution in [-0.2, 0) is 19.6 Å². The SMILES string of the molecule is COc1ccc(/C=C/C(=O)OC(C)(C)C)cc1S(N)(=O)=O. The van der Waals surface area contributed by atoms with E-state index in [1.807, 2.05) is 0 Å². The van der Waals surface area contributed by atoms with Crippen molar-refractivity contribution in [2.75, 3.05) is 7.11 Å². The number of rotatable bonds is 4. The molecule has 0 unspecified atom stereocenters. The highest BCUT2D eigenvalue weighted by Crippen LogP contribution is 2.24. The molecule has 1 rings (SSSR count). The van der Waals surface area contributed by atoms with Crippen LogP contribution in [0.1, 0.15) is 26.3 Å². The Hall–Kier alpha value is -1.86. The van der Waals surface area contributed by atoms with Gasteiger partial charge in [0.1, 0.15) is 16.2 Å². The van der Waals surface area contributed by atoms with Crippen molar-refractivity contribution in [3.05, 3.63) is 29.8 Å². The zero-order valence-corrected chi connectivity index (χ0v) is 13.2. The molecule has 0 fully saturated rings. The molecule has 0 saturated heterocycles. The van der Waals surface area contributed by atoms with E-state index in [0.29, 0.717) is 5.56 Å². The van der Waals surface area contributed by atoms with Gasteiger partial charge in [-0.25, -0.2) is 18.4 Å². The van der Waals surface area contributed by atoms with Crippen LogP contribution >= 0.6 is 0 Å².